The minimum Gasteiger partial charge on any atom is -0.495 e. The van der Waals surface area contributed by atoms with E-state index in [0.29, 0.717) is 22.9 Å². The van der Waals surface area contributed by atoms with Crippen molar-refractivity contribution in [2.24, 2.45) is 5.73 Å². The first kappa shape index (κ1) is 17.6. The number of benzene rings is 2. The van der Waals surface area contributed by atoms with Gasteiger partial charge < -0.3 is 24.8 Å². The molecule has 26 heavy (non-hydrogen) atoms. The van der Waals surface area contributed by atoms with Gasteiger partial charge in [-0.15, -0.1) is 0 Å². The first-order valence-electron chi connectivity index (χ1n) is 8.21. The molecule has 7 nitrogen and oxygen atoms in total. The van der Waals surface area contributed by atoms with Gasteiger partial charge in [0.15, 0.2) is 11.5 Å². The van der Waals surface area contributed by atoms with E-state index >= 15 is 0 Å². The fraction of sp³-hybridized carbons (Fsp3) is 0.263. The molecule has 1 unspecified atom stereocenters. The molecule has 0 saturated heterocycles. The number of para-hydroxylation sites is 4. The van der Waals surface area contributed by atoms with Crippen LogP contribution in [0.25, 0.3) is 0 Å². The van der Waals surface area contributed by atoms with Crippen LogP contribution in [0, 0.1) is 0 Å². The highest BCUT2D eigenvalue weighted by molar-refractivity contribution is 5.98. The fourth-order valence-corrected chi connectivity index (χ4v) is 2.74. The number of hydrogen-bond acceptors (Lipinski definition) is 5. The van der Waals surface area contributed by atoms with E-state index in [-0.39, 0.29) is 25.5 Å². The van der Waals surface area contributed by atoms with E-state index in [0.717, 1.165) is 0 Å². The molecule has 3 rings (SSSR count). The SMILES string of the molecule is COc1ccccc1N(CCC(N)=O)C(=O)C1COc2ccccc2O1. The molecule has 2 aromatic rings. The predicted molar refractivity (Wildman–Crippen MR) is 95.5 cm³/mol. The van der Waals surface area contributed by atoms with Crippen molar-refractivity contribution in [1.82, 2.24) is 0 Å². The maximum Gasteiger partial charge on any atom is 0.271 e. The number of rotatable bonds is 6. The third-order valence-corrected chi connectivity index (χ3v) is 4.01. The van der Waals surface area contributed by atoms with Crippen molar-refractivity contribution in [1.29, 1.82) is 0 Å². The van der Waals surface area contributed by atoms with Crippen molar-refractivity contribution >= 4 is 17.5 Å². The smallest absolute Gasteiger partial charge is 0.271 e. The van der Waals surface area contributed by atoms with Crippen LogP contribution in [0.3, 0.4) is 0 Å². The van der Waals surface area contributed by atoms with Crippen LogP contribution in [0.4, 0.5) is 5.69 Å². The summed E-state index contributed by atoms with van der Waals surface area (Å²) in [5.74, 6) is 0.793. The standard InChI is InChI=1S/C19H20N2O5/c1-24-14-7-3-2-6-13(14)21(11-10-18(20)22)19(23)17-12-25-15-8-4-5-9-16(15)26-17/h2-9,17H,10-12H2,1H3,(H2,20,22). The molecule has 136 valence electrons. The van der Waals surface area contributed by atoms with Gasteiger partial charge in [0.2, 0.25) is 12.0 Å². The van der Waals surface area contributed by atoms with Crippen LogP contribution >= 0.6 is 0 Å². The Morgan fingerprint density at radius 1 is 1.15 bits per heavy atom. The number of amides is 2. The van der Waals surface area contributed by atoms with Gasteiger partial charge in [-0.3, -0.25) is 9.59 Å². The molecule has 0 aromatic heterocycles. The monoisotopic (exact) mass is 356 g/mol. The molecule has 1 atom stereocenters. The number of nitrogens with zero attached hydrogens (tertiary/aromatic N) is 1. The summed E-state index contributed by atoms with van der Waals surface area (Å²) in [5.41, 5.74) is 5.81. The normalized spacial score (nSPS) is 15.2. The molecular formula is C19H20N2O5. The van der Waals surface area contributed by atoms with Gasteiger partial charge in [0.05, 0.1) is 12.8 Å². The summed E-state index contributed by atoms with van der Waals surface area (Å²) in [6, 6.07) is 14.2. The number of fused-ring (bicyclic) bond motifs is 1. The summed E-state index contributed by atoms with van der Waals surface area (Å²) >= 11 is 0. The number of carbonyl (C=O) groups excluding carboxylic acids is 2. The molecule has 1 aliphatic heterocycles. The Hall–Kier alpha value is -3.22. The molecule has 1 heterocycles. The number of anilines is 1. The Labute approximate surface area is 151 Å². The second-order valence-corrected chi connectivity index (χ2v) is 5.74. The molecule has 0 bridgehead atoms. The van der Waals surface area contributed by atoms with Crippen LogP contribution in [0.15, 0.2) is 48.5 Å². The van der Waals surface area contributed by atoms with Gasteiger partial charge in [-0.25, -0.2) is 0 Å². The number of nitrogens with two attached hydrogens (primary N) is 1. The highest BCUT2D eigenvalue weighted by Crippen LogP contribution is 2.33. The van der Waals surface area contributed by atoms with Crippen LogP contribution in [0.2, 0.25) is 0 Å². The van der Waals surface area contributed by atoms with Crippen LogP contribution < -0.4 is 24.8 Å². The summed E-state index contributed by atoms with van der Waals surface area (Å²) < 4.78 is 16.8. The highest BCUT2D eigenvalue weighted by Gasteiger charge is 2.32. The van der Waals surface area contributed by atoms with E-state index < -0.39 is 12.0 Å². The lowest BCUT2D eigenvalue weighted by Crippen LogP contribution is -2.47. The van der Waals surface area contributed by atoms with E-state index in [1.54, 1.807) is 42.5 Å². The summed E-state index contributed by atoms with van der Waals surface area (Å²) in [6.45, 7) is 0.202. The number of hydrogen-bond donors (Lipinski definition) is 1. The molecule has 1 aliphatic rings. The molecule has 0 spiro atoms. The third-order valence-electron chi connectivity index (χ3n) is 4.01. The second-order valence-electron chi connectivity index (χ2n) is 5.74. The van der Waals surface area contributed by atoms with Crippen molar-refractivity contribution in [3.63, 3.8) is 0 Å². The van der Waals surface area contributed by atoms with Crippen molar-refractivity contribution in [3.8, 4) is 17.2 Å². The topological polar surface area (TPSA) is 91.1 Å². The van der Waals surface area contributed by atoms with E-state index in [1.165, 1.54) is 12.0 Å². The second kappa shape index (κ2) is 7.77. The van der Waals surface area contributed by atoms with Crippen molar-refractivity contribution in [2.75, 3.05) is 25.2 Å². The summed E-state index contributed by atoms with van der Waals surface area (Å²) in [7, 11) is 1.52. The van der Waals surface area contributed by atoms with E-state index in [2.05, 4.69) is 0 Å². The zero-order valence-corrected chi connectivity index (χ0v) is 14.4. The number of ether oxygens (including phenoxy) is 3. The third kappa shape index (κ3) is 3.72. The van der Waals surface area contributed by atoms with Crippen molar-refractivity contribution in [3.05, 3.63) is 48.5 Å². The maximum absolute atomic E-state index is 13.1. The van der Waals surface area contributed by atoms with Gasteiger partial charge in [-0.2, -0.15) is 0 Å². The minimum absolute atomic E-state index is 0.0218. The van der Waals surface area contributed by atoms with Gasteiger partial charge in [0.1, 0.15) is 12.4 Å². The molecule has 0 fully saturated rings. The first-order valence-corrected chi connectivity index (χ1v) is 8.21. The quantitative estimate of drug-likeness (QED) is 0.851. The Balaban J connectivity index is 1.87. The first-order chi connectivity index (χ1) is 12.6. The number of methoxy groups -OCH3 is 1. The molecule has 2 amide bonds. The van der Waals surface area contributed by atoms with E-state index in [1.807, 2.05) is 6.07 Å². The Kier molecular flexibility index (Phi) is 5.26. The molecule has 0 radical (unpaired) electrons. The predicted octanol–water partition coefficient (Wildman–Crippen LogP) is 1.74. The van der Waals surface area contributed by atoms with Gasteiger partial charge in [0.25, 0.3) is 5.91 Å². The Morgan fingerprint density at radius 3 is 2.58 bits per heavy atom. The maximum atomic E-state index is 13.1. The minimum atomic E-state index is -0.831. The van der Waals surface area contributed by atoms with Crippen LogP contribution in [0.5, 0.6) is 17.2 Å². The van der Waals surface area contributed by atoms with E-state index in [9.17, 15) is 9.59 Å². The van der Waals surface area contributed by atoms with Gasteiger partial charge >= 0.3 is 0 Å². The van der Waals surface area contributed by atoms with Gasteiger partial charge in [-0.05, 0) is 24.3 Å². The molecule has 0 aliphatic carbocycles. The van der Waals surface area contributed by atoms with Gasteiger partial charge in [0, 0.05) is 13.0 Å². The van der Waals surface area contributed by atoms with Crippen molar-refractivity contribution in [2.45, 2.75) is 12.5 Å². The zero-order chi connectivity index (χ0) is 18.5. The Morgan fingerprint density at radius 2 is 1.85 bits per heavy atom. The molecule has 0 saturated carbocycles. The van der Waals surface area contributed by atoms with E-state index in [4.69, 9.17) is 19.9 Å². The lowest BCUT2D eigenvalue weighted by atomic mass is 10.2. The number of carbonyl (C=O) groups is 2. The lowest BCUT2D eigenvalue weighted by molar-refractivity contribution is -0.127. The lowest BCUT2D eigenvalue weighted by Gasteiger charge is -2.31. The fourth-order valence-electron chi connectivity index (χ4n) is 2.74. The van der Waals surface area contributed by atoms with Crippen LogP contribution in [-0.4, -0.2) is 38.2 Å². The molecule has 7 heteroatoms. The Bertz CT molecular complexity index is 808. The van der Waals surface area contributed by atoms with Crippen LogP contribution in [0.1, 0.15) is 6.42 Å². The number of primary amides is 1. The average Bonchev–Trinajstić information content (AvgIpc) is 2.67. The molecule has 2 aromatic carbocycles. The molecular weight excluding hydrogens is 336 g/mol. The van der Waals surface area contributed by atoms with Crippen molar-refractivity contribution < 1.29 is 23.8 Å². The molecule has 2 N–H and O–H groups in total. The summed E-state index contributed by atoms with van der Waals surface area (Å²) in [6.07, 6.45) is -0.809. The zero-order valence-electron chi connectivity index (χ0n) is 14.4. The average molecular weight is 356 g/mol. The summed E-state index contributed by atoms with van der Waals surface area (Å²) in [4.78, 5) is 25.8. The largest absolute Gasteiger partial charge is 0.495 e. The summed E-state index contributed by atoms with van der Waals surface area (Å²) in [5, 5.41) is 0. The van der Waals surface area contributed by atoms with Gasteiger partial charge in [-0.1, -0.05) is 24.3 Å². The van der Waals surface area contributed by atoms with Crippen LogP contribution in [-0.2, 0) is 9.59 Å². The highest BCUT2D eigenvalue weighted by atomic mass is 16.6.